The number of anilines is 2. The van der Waals surface area contributed by atoms with Crippen LogP contribution in [0.15, 0.2) is 22.6 Å². The van der Waals surface area contributed by atoms with E-state index in [1.165, 1.54) is 0 Å². The summed E-state index contributed by atoms with van der Waals surface area (Å²) in [6.45, 7) is 1.83. The van der Waals surface area contributed by atoms with Crippen molar-refractivity contribution >= 4 is 23.3 Å². The summed E-state index contributed by atoms with van der Waals surface area (Å²) in [5, 5.41) is 14.4. The molecule has 1 aromatic carbocycles. The number of ether oxygens (including phenoxy) is 2. The van der Waals surface area contributed by atoms with E-state index in [1.54, 1.807) is 26.4 Å². The molecule has 0 aliphatic rings. The maximum atomic E-state index is 6.05. The lowest BCUT2D eigenvalue weighted by Crippen LogP contribution is -2.18. The molecule has 0 atom stereocenters. The van der Waals surface area contributed by atoms with Crippen LogP contribution >= 0.6 is 11.6 Å². The van der Waals surface area contributed by atoms with Crippen molar-refractivity contribution in [1.29, 1.82) is 0 Å². The molecule has 0 bridgehead atoms. The van der Waals surface area contributed by atoms with E-state index >= 15 is 0 Å². The van der Waals surface area contributed by atoms with Crippen molar-refractivity contribution in [3.63, 3.8) is 0 Å². The third-order valence-corrected chi connectivity index (χ3v) is 2.92. The monoisotopic (exact) mass is 312 g/mol. The average molecular weight is 313 g/mol. The number of halogens is 1. The summed E-state index contributed by atoms with van der Waals surface area (Å²) in [4.78, 5) is 0. The molecule has 0 unspecified atom stereocenters. The van der Waals surface area contributed by atoms with Gasteiger partial charge in [-0.2, -0.15) is 0 Å². The molecule has 0 aliphatic heterocycles. The smallest absolute Gasteiger partial charge is 0.320 e. The summed E-state index contributed by atoms with van der Waals surface area (Å²) < 4.78 is 15.5. The van der Waals surface area contributed by atoms with E-state index in [0.29, 0.717) is 35.8 Å². The second-order valence-electron chi connectivity index (χ2n) is 4.14. The Morgan fingerprint density at radius 1 is 1.29 bits per heavy atom. The highest BCUT2D eigenvalue weighted by Gasteiger charge is 2.07. The number of methoxy groups -OCH3 is 2. The maximum Gasteiger partial charge on any atom is 0.320 e. The van der Waals surface area contributed by atoms with Crippen LogP contribution in [-0.4, -0.2) is 37.6 Å². The molecule has 0 amide bonds. The van der Waals surface area contributed by atoms with Crippen LogP contribution in [0.25, 0.3) is 0 Å². The van der Waals surface area contributed by atoms with Gasteiger partial charge in [0.15, 0.2) is 0 Å². The molecule has 8 heteroatoms. The van der Waals surface area contributed by atoms with Crippen molar-refractivity contribution in [3.8, 4) is 5.75 Å². The summed E-state index contributed by atoms with van der Waals surface area (Å²) >= 11 is 6.05. The van der Waals surface area contributed by atoms with Gasteiger partial charge in [0.25, 0.3) is 0 Å². The molecule has 0 aliphatic carbocycles. The zero-order valence-electron chi connectivity index (χ0n) is 11.9. The third kappa shape index (κ3) is 4.59. The summed E-state index contributed by atoms with van der Waals surface area (Å²) in [5.41, 5.74) is 0.739. The van der Waals surface area contributed by atoms with Gasteiger partial charge in [-0.3, -0.25) is 0 Å². The molecule has 0 radical (unpaired) electrons. The molecular weight excluding hydrogens is 296 g/mol. The molecule has 7 nitrogen and oxygen atoms in total. The minimum absolute atomic E-state index is 0.305. The quantitative estimate of drug-likeness (QED) is 0.723. The minimum atomic E-state index is 0.305. The van der Waals surface area contributed by atoms with Gasteiger partial charge in [0.2, 0.25) is 5.89 Å². The summed E-state index contributed by atoms with van der Waals surface area (Å²) in [7, 11) is 3.21. The van der Waals surface area contributed by atoms with Crippen LogP contribution in [-0.2, 0) is 11.3 Å². The summed E-state index contributed by atoms with van der Waals surface area (Å²) in [6, 6.07) is 5.60. The molecule has 0 saturated carbocycles. The number of benzene rings is 1. The molecule has 0 fully saturated rings. The fourth-order valence-electron chi connectivity index (χ4n) is 1.61. The largest absolute Gasteiger partial charge is 0.495 e. The first-order valence-corrected chi connectivity index (χ1v) is 6.73. The number of nitrogens with zero attached hydrogens (tertiary/aromatic N) is 2. The molecular formula is C13H17ClN4O3. The number of hydrogen-bond acceptors (Lipinski definition) is 7. The van der Waals surface area contributed by atoms with Gasteiger partial charge in [-0.25, -0.2) is 0 Å². The second kappa shape index (κ2) is 7.82. The highest BCUT2D eigenvalue weighted by atomic mass is 35.5. The van der Waals surface area contributed by atoms with E-state index in [4.69, 9.17) is 25.5 Å². The third-order valence-electron chi connectivity index (χ3n) is 2.63. The fraction of sp³-hybridized carbons (Fsp3) is 0.385. The van der Waals surface area contributed by atoms with Crippen molar-refractivity contribution in [2.24, 2.45) is 0 Å². The Hall–Kier alpha value is -1.83. The Labute approximate surface area is 127 Å². The average Bonchev–Trinajstić information content (AvgIpc) is 2.91. The summed E-state index contributed by atoms with van der Waals surface area (Å²) in [6.07, 6.45) is 0. The predicted octanol–water partition coefficient (Wildman–Crippen LogP) is 2.21. The van der Waals surface area contributed by atoms with Crippen LogP contribution in [0.2, 0.25) is 5.02 Å². The van der Waals surface area contributed by atoms with Crippen molar-refractivity contribution < 1.29 is 13.9 Å². The van der Waals surface area contributed by atoms with Crippen molar-refractivity contribution in [2.75, 3.05) is 32.7 Å². The van der Waals surface area contributed by atoms with E-state index in [1.807, 2.05) is 6.07 Å². The van der Waals surface area contributed by atoms with Crippen LogP contribution in [0.5, 0.6) is 5.75 Å². The first-order valence-electron chi connectivity index (χ1n) is 6.35. The standard InChI is InChI=1S/C13H17ClN4O3/c1-19-6-5-15-8-12-17-18-13(21-12)16-9-3-4-11(20-2)10(14)7-9/h3-4,7,15H,5-6,8H2,1-2H3,(H,16,18). The zero-order valence-corrected chi connectivity index (χ0v) is 12.6. The van der Waals surface area contributed by atoms with Crippen molar-refractivity contribution in [1.82, 2.24) is 15.5 Å². The number of nitrogens with one attached hydrogen (secondary N) is 2. The molecule has 2 N–H and O–H groups in total. The SMILES string of the molecule is COCCNCc1nnc(Nc2ccc(OC)c(Cl)c2)o1. The fourth-order valence-corrected chi connectivity index (χ4v) is 1.87. The van der Waals surface area contributed by atoms with E-state index in [0.717, 1.165) is 12.2 Å². The van der Waals surface area contributed by atoms with E-state index in [9.17, 15) is 0 Å². The molecule has 1 aromatic heterocycles. The van der Waals surface area contributed by atoms with Crippen molar-refractivity contribution in [3.05, 3.63) is 29.1 Å². The highest BCUT2D eigenvalue weighted by molar-refractivity contribution is 6.32. The first kappa shape index (κ1) is 15.6. The second-order valence-corrected chi connectivity index (χ2v) is 4.55. The van der Waals surface area contributed by atoms with Gasteiger partial charge >= 0.3 is 6.01 Å². The van der Waals surface area contributed by atoms with Crippen LogP contribution in [0.4, 0.5) is 11.7 Å². The molecule has 21 heavy (non-hydrogen) atoms. The maximum absolute atomic E-state index is 6.05. The predicted molar refractivity (Wildman–Crippen MR) is 79.2 cm³/mol. The Morgan fingerprint density at radius 2 is 2.14 bits per heavy atom. The Kier molecular flexibility index (Phi) is 5.79. The zero-order chi connectivity index (χ0) is 15.1. The van der Waals surface area contributed by atoms with Gasteiger partial charge in [0.05, 0.1) is 25.3 Å². The lowest BCUT2D eigenvalue weighted by Gasteiger charge is -2.05. The molecule has 2 aromatic rings. The van der Waals surface area contributed by atoms with Gasteiger partial charge in [0.1, 0.15) is 5.75 Å². The number of rotatable bonds is 8. The van der Waals surface area contributed by atoms with Gasteiger partial charge < -0.3 is 24.5 Å². The molecule has 0 saturated heterocycles. The van der Waals surface area contributed by atoms with Gasteiger partial charge in [-0.05, 0) is 18.2 Å². The minimum Gasteiger partial charge on any atom is -0.495 e. The lowest BCUT2D eigenvalue weighted by atomic mass is 10.3. The Bertz CT molecular complexity index is 576. The van der Waals surface area contributed by atoms with Crippen LogP contribution in [0, 0.1) is 0 Å². The highest BCUT2D eigenvalue weighted by Crippen LogP contribution is 2.28. The van der Waals surface area contributed by atoms with E-state index < -0.39 is 0 Å². The normalized spacial score (nSPS) is 10.6. The topological polar surface area (TPSA) is 81.4 Å². The number of aromatic nitrogens is 2. The first-order chi connectivity index (χ1) is 10.2. The van der Waals surface area contributed by atoms with Gasteiger partial charge in [0, 0.05) is 19.3 Å². The van der Waals surface area contributed by atoms with E-state index in [2.05, 4.69) is 20.8 Å². The van der Waals surface area contributed by atoms with E-state index in [-0.39, 0.29) is 0 Å². The number of hydrogen-bond donors (Lipinski definition) is 2. The van der Waals surface area contributed by atoms with Gasteiger partial charge in [-0.1, -0.05) is 16.7 Å². The van der Waals surface area contributed by atoms with Crippen LogP contribution in [0.3, 0.4) is 0 Å². The Morgan fingerprint density at radius 3 is 2.86 bits per heavy atom. The van der Waals surface area contributed by atoms with Crippen LogP contribution < -0.4 is 15.4 Å². The molecule has 0 spiro atoms. The molecule has 1 heterocycles. The molecule has 114 valence electrons. The Balaban J connectivity index is 1.91. The molecule has 2 rings (SSSR count). The van der Waals surface area contributed by atoms with Crippen molar-refractivity contribution in [2.45, 2.75) is 6.54 Å². The lowest BCUT2D eigenvalue weighted by molar-refractivity contribution is 0.198. The van der Waals surface area contributed by atoms with Gasteiger partial charge in [-0.15, -0.1) is 5.10 Å². The van der Waals surface area contributed by atoms with Crippen LogP contribution in [0.1, 0.15) is 5.89 Å². The summed E-state index contributed by atoms with van der Waals surface area (Å²) in [5.74, 6) is 1.10.